The van der Waals surface area contributed by atoms with E-state index in [0.717, 1.165) is 10.5 Å². The fourth-order valence-electron chi connectivity index (χ4n) is 4.61. The zero-order valence-electron chi connectivity index (χ0n) is 19.7. The lowest BCUT2D eigenvalue weighted by Gasteiger charge is -2.33. The molecule has 6 nitrogen and oxygen atoms in total. The number of amides is 2. The Morgan fingerprint density at radius 1 is 1.09 bits per heavy atom. The summed E-state index contributed by atoms with van der Waals surface area (Å²) in [7, 11) is 0. The first-order valence-electron chi connectivity index (χ1n) is 11.3. The first-order chi connectivity index (χ1) is 16.4. The number of carbonyl (C=O) groups is 3. The summed E-state index contributed by atoms with van der Waals surface area (Å²) in [5.41, 5.74) is -2.96. The van der Waals surface area contributed by atoms with Crippen LogP contribution in [-0.4, -0.2) is 39.2 Å². The van der Waals surface area contributed by atoms with Gasteiger partial charge in [0.15, 0.2) is 5.78 Å². The largest absolute Gasteiger partial charge is 0.425 e. The number of benzene rings is 1. The zero-order valence-corrected chi connectivity index (χ0v) is 19.7. The van der Waals surface area contributed by atoms with Crippen LogP contribution in [0.1, 0.15) is 61.5 Å². The van der Waals surface area contributed by atoms with Crippen molar-refractivity contribution in [1.82, 2.24) is 15.2 Å². The van der Waals surface area contributed by atoms with Crippen molar-refractivity contribution in [3.8, 4) is 0 Å². The van der Waals surface area contributed by atoms with Gasteiger partial charge in [0.1, 0.15) is 0 Å². The van der Waals surface area contributed by atoms with Gasteiger partial charge < -0.3 is 10.2 Å². The monoisotopic (exact) mass is 485 g/mol. The number of hydrogen-bond acceptors (Lipinski definition) is 4. The number of hydrogen-bond donors (Lipinski definition) is 1. The molecule has 35 heavy (non-hydrogen) atoms. The first-order valence-corrected chi connectivity index (χ1v) is 11.3. The number of aromatic nitrogens is 1. The van der Waals surface area contributed by atoms with Gasteiger partial charge in [0, 0.05) is 30.1 Å². The summed E-state index contributed by atoms with van der Waals surface area (Å²) in [6.45, 7) is 5.72. The normalized spacial score (nSPS) is 20.8. The first kappa shape index (κ1) is 24.6. The lowest BCUT2D eigenvalue weighted by Crippen LogP contribution is -2.66. The van der Waals surface area contributed by atoms with Crippen LogP contribution in [0.15, 0.2) is 60.1 Å². The van der Waals surface area contributed by atoms with Crippen molar-refractivity contribution in [2.45, 2.75) is 63.7 Å². The Kier molecular flexibility index (Phi) is 6.07. The van der Waals surface area contributed by atoms with Crippen molar-refractivity contribution >= 4 is 17.6 Å². The van der Waals surface area contributed by atoms with Crippen LogP contribution in [0.4, 0.5) is 13.2 Å². The van der Waals surface area contributed by atoms with Crippen LogP contribution in [0.5, 0.6) is 0 Å². The molecule has 0 unspecified atom stereocenters. The van der Waals surface area contributed by atoms with Crippen molar-refractivity contribution in [3.05, 3.63) is 76.8 Å². The van der Waals surface area contributed by atoms with Crippen molar-refractivity contribution < 1.29 is 27.6 Å². The highest BCUT2D eigenvalue weighted by Gasteiger charge is 2.70. The number of allylic oxidation sites excluding steroid dienone is 1. The molecule has 0 spiro atoms. The minimum Gasteiger partial charge on any atom is -0.326 e. The number of Topliss-reactive ketones (excluding diaryl/α,β-unsaturated/α-hetero) is 1. The van der Waals surface area contributed by atoms with Crippen molar-refractivity contribution in [3.63, 3.8) is 0 Å². The molecule has 2 aliphatic rings. The van der Waals surface area contributed by atoms with Gasteiger partial charge >= 0.3 is 6.18 Å². The van der Waals surface area contributed by atoms with E-state index in [1.54, 1.807) is 24.3 Å². The third kappa shape index (κ3) is 4.24. The summed E-state index contributed by atoms with van der Waals surface area (Å²) in [4.78, 5) is 44.4. The zero-order chi connectivity index (χ0) is 25.6. The molecular weight excluding hydrogens is 459 g/mol. The molecule has 4 rings (SSSR count). The second-order valence-electron chi connectivity index (χ2n) is 9.88. The Balaban J connectivity index is 1.77. The molecule has 1 N–H and O–H groups in total. The summed E-state index contributed by atoms with van der Waals surface area (Å²) in [5.74, 6) is -3.24. The Morgan fingerprint density at radius 3 is 2.34 bits per heavy atom. The summed E-state index contributed by atoms with van der Waals surface area (Å²) in [6.07, 6.45) is -1.95. The highest BCUT2D eigenvalue weighted by Crippen LogP contribution is 2.48. The molecule has 2 aromatic rings. The number of carbonyl (C=O) groups excluding carboxylic acids is 3. The second kappa shape index (κ2) is 8.62. The van der Waals surface area contributed by atoms with Crippen LogP contribution < -0.4 is 5.32 Å². The van der Waals surface area contributed by atoms with Crippen LogP contribution >= 0.6 is 0 Å². The molecule has 0 saturated carbocycles. The summed E-state index contributed by atoms with van der Waals surface area (Å²) >= 11 is 0. The van der Waals surface area contributed by atoms with Crippen LogP contribution in [0.3, 0.4) is 0 Å². The van der Waals surface area contributed by atoms with Gasteiger partial charge in [-0.2, -0.15) is 13.2 Å². The van der Waals surface area contributed by atoms with Gasteiger partial charge in [0.05, 0.1) is 12.1 Å². The topological polar surface area (TPSA) is 79.4 Å². The van der Waals surface area contributed by atoms with Crippen molar-refractivity contribution in [2.24, 2.45) is 0 Å². The van der Waals surface area contributed by atoms with E-state index in [1.807, 2.05) is 26.1 Å². The van der Waals surface area contributed by atoms with E-state index in [1.165, 1.54) is 24.5 Å². The van der Waals surface area contributed by atoms with E-state index < -0.39 is 34.9 Å². The molecule has 0 fully saturated rings. The number of pyridine rings is 1. The molecule has 0 radical (unpaired) electrons. The molecule has 2 amide bonds. The fraction of sp³-hybridized carbons (Fsp3) is 0.385. The van der Waals surface area contributed by atoms with E-state index in [0.29, 0.717) is 12.0 Å². The molecule has 1 aliphatic heterocycles. The minimum atomic E-state index is -5.23. The maximum atomic E-state index is 14.8. The van der Waals surface area contributed by atoms with Gasteiger partial charge in [-0.3, -0.25) is 19.4 Å². The summed E-state index contributed by atoms with van der Waals surface area (Å²) < 4.78 is 44.3. The average Bonchev–Trinajstić information content (AvgIpc) is 3.03. The van der Waals surface area contributed by atoms with Crippen molar-refractivity contribution in [2.75, 3.05) is 0 Å². The smallest absolute Gasteiger partial charge is 0.326 e. The van der Waals surface area contributed by atoms with Gasteiger partial charge in [-0.1, -0.05) is 39.0 Å². The number of halogens is 3. The number of nitrogens with zero attached hydrogens (tertiary/aromatic N) is 2. The minimum absolute atomic E-state index is 0.0100. The Morgan fingerprint density at radius 2 is 1.77 bits per heavy atom. The second-order valence-corrected chi connectivity index (χ2v) is 9.88. The maximum absolute atomic E-state index is 14.8. The van der Waals surface area contributed by atoms with Crippen LogP contribution in [0, 0.1) is 0 Å². The highest BCUT2D eigenvalue weighted by atomic mass is 19.4. The van der Waals surface area contributed by atoms with Gasteiger partial charge in [-0.15, -0.1) is 0 Å². The Hall–Kier alpha value is -3.49. The molecule has 1 aromatic carbocycles. The summed E-state index contributed by atoms with van der Waals surface area (Å²) in [6, 6.07) is 9.41. The van der Waals surface area contributed by atoms with E-state index >= 15 is 0 Å². The average molecular weight is 486 g/mol. The molecule has 0 bridgehead atoms. The van der Waals surface area contributed by atoms with E-state index in [2.05, 4.69) is 4.98 Å². The molecular formula is C26H26F3N3O3. The molecule has 0 saturated heterocycles. The van der Waals surface area contributed by atoms with Gasteiger partial charge in [-0.25, -0.2) is 0 Å². The Bertz CT molecular complexity index is 1200. The molecule has 9 heteroatoms. The van der Waals surface area contributed by atoms with Gasteiger partial charge in [0.25, 0.3) is 11.8 Å². The van der Waals surface area contributed by atoms with Gasteiger partial charge in [-0.05, 0) is 47.6 Å². The van der Waals surface area contributed by atoms with Crippen LogP contribution in [-0.2, 0) is 21.5 Å². The number of ketones is 1. The van der Waals surface area contributed by atoms with E-state index in [9.17, 15) is 27.6 Å². The predicted octanol–water partition coefficient (Wildman–Crippen LogP) is 4.46. The van der Waals surface area contributed by atoms with Crippen LogP contribution in [0.2, 0.25) is 0 Å². The molecule has 1 atom stereocenters. The molecule has 2 heterocycles. The number of alkyl halides is 3. The van der Waals surface area contributed by atoms with Crippen LogP contribution in [0.25, 0.3) is 0 Å². The number of nitrogens with one attached hydrogen (secondary N) is 1. The standard InChI is InChI=1S/C26H26F3N3O3/c1-24(2,3)18-11-9-17(10-12-18)22(34)31-25(26(27,28)29)21-19(7-4-8-20(21)33)32(23(25)35)15-16-6-5-13-30-14-16/h5-6,9-14H,4,7-8,15H2,1-3H3,(H,31,34)/t25-/m1/s1. The summed E-state index contributed by atoms with van der Waals surface area (Å²) in [5, 5.41) is 1.95. The van der Waals surface area contributed by atoms with E-state index in [-0.39, 0.29) is 36.1 Å². The molecule has 184 valence electrons. The molecule has 1 aliphatic carbocycles. The Labute approximate surface area is 201 Å². The highest BCUT2D eigenvalue weighted by molar-refractivity contribution is 6.14. The molecule has 1 aromatic heterocycles. The number of rotatable bonds is 4. The van der Waals surface area contributed by atoms with Crippen molar-refractivity contribution in [1.29, 1.82) is 0 Å². The lowest BCUT2D eigenvalue weighted by atomic mass is 9.81. The van der Waals surface area contributed by atoms with E-state index in [4.69, 9.17) is 0 Å². The maximum Gasteiger partial charge on any atom is 0.425 e. The fourth-order valence-corrected chi connectivity index (χ4v) is 4.61. The lowest BCUT2D eigenvalue weighted by molar-refractivity contribution is -0.190. The quantitative estimate of drug-likeness (QED) is 0.694. The SMILES string of the molecule is CC(C)(C)c1ccc(C(=O)N[C@@]2(C(F)(F)F)C(=O)N(Cc3cccnc3)C3=C2C(=O)CCC3)cc1. The third-order valence-electron chi connectivity index (χ3n) is 6.45. The third-order valence-corrected chi connectivity index (χ3v) is 6.45. The predicted molar refractivity (Wildman–Crippen MR) is 122 cm³/mol. The van der Waals surface area contributed by atoms with Gasteiger partial charge in [0.2, 0.25) is 5.54 Å².